The SMILES string of the molecule is CCC[CH2][Sn]([CH2]CCC)([CH2]CCC)[C](=CC(=O)OC)CCCC(C)(C)C. The van der Waals surface area contributed by atoms with Crippen LogP contribution in [0.1, 0.15) is 99.3 Å². The van der Waals surface area contributed by atoms with E-state index in [2.05, 4.69) is 41.5 Å². The van der Waals surface area contributed by atoms with Crippen LogP contribution in [0, 0.1) is 5.41 Å². The Bertz CT molecular complexity index is 385. The number of unbranched alkanes of at least 4 members (excludes halogenated alkanes) is 3. The standard InChI is InChI=1S/C11H19O2.3C4H9.Sn/c1-11(2,3)9-7-5-6-8-10(12)13-4;3*1-3-4-2;/h8H,5,7,9H2,1-4H3;3*1,3-4H2,2H3;. The molecule has 0 saturated carbocycles. The molecule has 0 saturated heterocycles. The Balaban J connectivity index is 5.67. The van der Waals surface area contributed by atoms with Crippen molar-refractivity contribution >= 4 is 24.3 Å². The fourth-order valence-electron chi connectivity index (χ4n) is 3.90. The molecule has 0 bridgehead atoms. The Morgan fingerprint density at radius 3 is 1.69 bits per heavy atom. The number of esters is 1. The molecule has 0 aliphatic rings. The van der Waals surface area contributed by atoms with E-state index >= 15 is 0 Å². The monoisotopic (exact) mass is 474 g/mol. The third-order valence-electron chi connectivity index (χ3n) is 5.57. The Hall–Kier alpha value is 0.00870. The molecule has 0 radical (unpaired) electrons. The van der Waals surface area contributed by atoms with Crippen LogP contribution in [0.4, 0.5) is 0 Å². The summed E-state index contributed by atoms with van der Waals surface area (Å²) in [5.41, 5.74) is 0.366. The van der Waals surface area contributed by atoms with Gasteiger partial charge in [-0.25, -0.2) is 0 Å². The summed E-state index contributed by atoms with van der Waals surface area (Å²) in [5, 5.41) is 0. The summed E-state index contributed by atoms with van der Waals surface area (Å²) in [7, 11) is 1.52. The third-order valence-corrected chi connectivity index (χ3v) is 21.8. The fourth-order valence-corrected chi connectivity index (χ4v) is 20.8. The van der Waals surface area contributed by atoms with Gasteiger partial charge < -0.3 is 0 Å². The van der Waals surface area contributed by atoms with Crippen molar-refractivity contribution in [2.45, 2.75) is 113 Å². The maximum atomic E-state index is 12.2. The van der Waals surface area contributed by atoms with Crippen molar-refractivity contribution < 1.29 is 9.53 Å². The molecule has 0 aromatic rings. The average molecular weight is 473 g/mol. The van der Waals surface area contributed by atoms with E-state index in [9.17, 15) is 4.79 Å². The molecule has 0 aromatic carbocycles. The van der Waals surface area contributed by atoms with Crippen molar-refractivity contribution in [3.63, 3.8) is 0 Å². The second-order valence-electron chi connectivity index (χ2n) is 9.20. The predicted octanol–water partition coefficient (Wildman–Crippen LogP) is 7.69. The van der Waals surface area contributed by atoms with Crippen LogP contribution in [-0.4, -0.2) is 31.5 Å². The molecule has 0 amide bonds. The van der Waals surface area contributed by atoms with Gasteiger partial charge in [0.1, 0.15) is 0 Å². The van der Waals surface area contributed by atoms with E-state index in [1.807, 2.05) is 6.08 Å². The molecular formula is C23H46O2Sn. The Morgan fingerprint density at radius 1 is 0.885 bits per heavy atom. The van der Waals surface area contributed by atoms with Gasteiger partial charge in [0.25, 0.3) is 0 Å². The summed E-state index contributed by atoms with van der Waals surface area (Å²) < 4.78 is 10.9. The van der Waals surface area contributed by atoms with Gasteiger partial charge in [-0.1, -0.05) is 0 Å². The number of rotatable bonds is 14. The first-order valence-electron chi connectivity index (χ1n) is 11.0. The van der Waals surface area contributed by atoms with Gasteiger partial charge in [0.05, 0.1) is 0 Å². The molecule has 3 heteroatoms. The van der Waals surface area contributed by atoms with Crippen LogP contribution < -0.4 is 0 Å². The number of methoxy groups -OCH3 is 1. The first-order valence-corrected chi connectivity index (χ1v) is 18.5. The molecule has 0 atom stereocenters. The number of carbonyl (C=O) groups is 1. The molecule has 0 aliphatic carbocycles. The number of hydrogen-bond donors (Lipinski definition) is 0. The van der Waals surface area contributed by atoms with Crippen molar-refractivity contribution in [3.05, 3.63) is 9.67 Å². The summed E-state index contributed by atoms with van der Waals surface area (Å²) >= 11 is -2.52. The van der Waals surface area contributed by atoms with Crippen LogP contribution in [0.15, 0.2) is 9.67 Å². The van der Waals surface area contributed by atoms with Gasteiger partial charge in [0.2, 0.25) is 0 Å². The van der Waals surface area contributed by atoms with Gasteiger partial charge in [-0.15, -0.1) is 0 Å². The quantitative estimate of drug-likeness (QED) is 0.147. The number of hydrogen-bond acceptors (Lipinski definition) is 2. The fraction of sp³-hybridized carbons (Fsp3) is 0.870. The van der Waals surface area contributed by atoms with Gasteiger partial charge in [-0.3, -0.25) is 0 Å². The van der Waals surface area contributed by atoms with Gasteiger partial charge in [0.15, 0.2) is 0 Å². The normalized spacial score (nSPS) is 13.1. The van der Waals surface area contributed by atoms with E-state index in [1.54, 1.807) is 3.59 Å². The van der Waals surface area contributed by atoms with Crippen molar-refractivity contribution in [2.75, 3.05) is 7.11 Å². The van der Waals surface area contributed by atoms with Crippen molar-refractivity contribution in [1.29, 1.82) is 0 Å². The van der Waals surface area contributed by atoms with Crippen LogP contribution >= 0.6 is 0 Å². The van der Waals surface area contributed by atoms with Gasteiger partial charge in [-0.05, 0) is 0 Å². The molecule has 0 aliphatic heterocycles. The second-order valence-corrected chi connectivity index (χ2v) is 22.6. The number of allylic oxidation sites excluding steroid dienone is 1. The Kier molecular flexibility index (Phi) is 14.1. The first-order chi connectivity index (χ1) is 12.2. The minimum atomic E-state index is -2.52. The zero-order chi connectivity index (χ0) is 20.1. The zero-order valence-electron chi connectivity index (χ0n) is 18.9. The maximum absolute atomic E-state index is 12.2. The van der Waals surface area contributed by atoms with E-state index in [0.29, 0.717) is 5.41 Å². The molecule has 0 spiro atoms. The van der Waals surface area contributed by atoms with E-state index in [0.717, 1.165) is 6.42 Å². The van der Waals surface area contributed by atoms with Crippen molar-refractivity contribution in [2.24, 2.45) is 5.41 Å². The van der Waals surface area contributed by atoms with Crippen LogP contribution in [-0.2, 0) is 9.53 Å². The molecule has 154 valence electrons. The van der Waals surface area contributed by atoms with Crippen LogP contribution in [0.5, 0.6) is 0 Å². The predicted molar refractivity (Wildman–Crippen MR) is 118 cm³/mol. The average Bonchev–Trinajstić information content (AvgIpc) is 2.59. The molecule has 0 unspecified atom stereocenters. The summed E-state index contributed by atoms with van der Waals surface area (Å²) in [6.45, 7) is 13.9. The van der Waals surface area contributed by atoms with Gasteiger partial charge in [0, 0.05) is 0 Å². The Labute approximate surface area is 168 Å². The molecule has 2 nitrogen and oxygen atoms in total. The van der Waals surface area contributed by atoms with Crippen LogP contribution in [0.2, 0.25) is 13.3 Å². The van der Waals surface area contributed by atoms with Gasteiger partial charge in [-0.2, -0.15) is 0 Å². The summed E-state index contributed by atoms with van der Waals surface area (Å²) in [4.78, 5) is 12.2. The third kappa shape index (κ3) is 11.0. The molecule has 0 rings (SSSR count). The summed E-state index contributed by atoms with van der Waals surface area (Å²) in [5.74, 6) is -0.124. The molecule has 0 aromatic heterocycles. The van der Waals surface area contributed by atoms with E-state index in [-0.39, 0.29) is 5.97 Å². The number of carbonyl (C=O) groups excluding carboxylic acids is 1. The van der Waals surface area contributed by atoms with Crippen LogP contribution in [0.25, 0.3) is 0 Å². The molecule has 0 fully saturated rings. The van der Waals surface area contributed by atoms with E-state index < -0.39 is 18.4 Å². The minimum absolute atomic E-state index is 0.124. The number of ether oxygens (including phenoxy) is 1. The van der Waals surface area contributed by atoms with Crippen molar-refractivity contribution in [3.8, 4) is 0 Å². The van der Waals surface area contributed by atoms with Crippen molar-refractivity contribution in [1.82, 2.24) is 0 Å². The summed E-state index contributed by atoms with van der Waals surface area (Å²) in [6, 6.07) is 0. The van der Waals surface area contributed by atoms with Crippen LogP contribution in [0.3, 0.4) is 0 Å². The molecule has 0 heterocycles. The Morgan fingerprint density at radius 2 is 1.35 bits per heavy atom. The topological polar surface area (TPSA) is 26.3 Å². The zero-order valence-corrected chi connectivity index (χ0v) is 21.7. The first kappa shape index (κ1) is 26.0. The molecule has 0 N–H and O–H groups in total. The van der Waals surface area contributed by atoms with Gasteiger partial charge >= 0.3 is 169 Å². The molecular weight excluding hydrogens is 427 g/mol. The second kappa shape index (κ2) is 14.1. The summed E-state index contributed by atoms with van der Waals surface area (Å²) in [6.07, 6.45) is 13.3. The van der Waals surface area contributed by atoms with E-state index in [4.69, 9.17) is 4.74 Å². The molecule has 26 heavy (non-hydrogen) atoms. The van der Waals surface area contributed by atoms with E-state index in [1.165, 1.54) is 71.8 Å².